The molecule has 0 bridgehead atoms. The highest BCUT2D eigenvalue weighted by molar-refractivity contribution is 4.21. The van der Waals surface area contributed by atoms with Crippen molar-refractivity contribution < 1.29 is 0 Å². The lowest BCUT2D eigenvalue weighted by atomic mass is 11.4. The first kappa shape index (κ1) is 10.7. The molecule has 0 atom stereocenters. The van der Waals surface area contributed by atoms with Crippen LogP contribution in [-0.4, -0.2) is 31.6 Å². The second-order valence-electron chi connectivity index (χ2n) is 1.60. The van der Waals surface area contributed by atoms with Crippen LogP contribution < -0.4 is 33.2 Å². The van der Waals surface area contributed by atoms with Crippen molar-refractivity contribution in [2.45, 2.75) is 0 Å². The van der Waals surface area contributed by atoms with Gasteiger partial charge in [0.15, 0.2) is 0 Å². The van der Waals surface area contributed by atoms with Crippen molar-refractivity contribution in [3.8, 4) is 0 Å². The average Bonchev–Trinajstić information content (AvgIpc) is 2.06. The van der Waals surface area contributed by atoms with Gasteiger partial charge in [-0.3, -0.25) is 0 Å². The van der Waals surface area contributed by atoms with Gasteiger partial charge in [0.05, 0.1) is 0 Å². The molecule has 0 unspecified atom stereocenters. The minimum Gasteiger partial charge on any atom is -0.239 e. The monoisotopic (exact) mass is 164 g/mol. The summed E-state index contributed by atoms with van der Waals surface area (Å²) in [5, 5.41) is 2.62. The van der Waals surface area contributed by atoms with Crippen molar-refractivity contribution in [2.75, 3.05) is 21.1 Å². The first-order valence-electron chi connectivity index (χ1n) is 3.13. The van der Waals surface area contributed by atoms with Crippen molar-refractivity contribution in [1.82, 2.24) is 37.8 Å². The molecule has 8 heteroatoms. The van der Waals surface area contributed by atoms with E-state index in [-0.39, 0.29) is 0 Å². The molecule has 7 N–H and O–H groups in total. The zero-order valence-electron chi connectivity index (χ0n) is 6.97. The molecule has 0 aromatic carbocycles. The summed E-state index contributed by atoms with van der Waals surface area (Å²) in [4.78, 5) is 0. The van der Waals surface area contributed by atoms with Crippen LogP contribution in [0.5, 0.6) is 0 Å². The van der Waals surface area contributed by atoms with E-state index < -0.39 is 0 Å². The lowest BCUT2D eigenvalue weighted by Gasteiger charge is -2.23. The second-order valence-corrected chi connectivity index (χ2v) is 1.60. The number of nitrogens with two attached hydrogens (primary N) is 1. The number of rotatable bonds is 6. The predicted molar refractivity (Wildman–Crippen MR) is 41.3 cm³/mol. The summed E-state index contributed by atoms with van der Waals surface area (Å²) in [6.07, 6.45) is 0. The molecule has 0 aliphatic rings. The minimum absolute atomic E-state index is 1.15. The van der Waals surface area contributed by atoms with Crippen molar-refractivity contribution in [3.05, 3.63) is 0 Å². The Morgan fingerprint density at radius 1 is 0.909 bits per heavy atom. The van der Waals surface area contributed by atoms with Crippen molar-refractivity contribution >= 4 is 0 Å². The number of hydrogen-bond acceptors (Lipinski definition) is 8. The Balaban J connectivity index is 3.34. The molecule has 0 amide bonds. The molecule has 0 aromatic rings. The molecule has 0 rings (SSSR count). The average molecular weight is 164 g/mol. The highest BCUT2D eigenvalue weighted by Gasteiger charge is 1.96. The summed E-state index contributed by atoms with van der Waals surface area (Å²) in [6, 6.07) is 0. The summed E-state index contributed by atoms with van der Waals surface area (Å²) in [7, 11) is 5.16. The lowest BCUT2D eigenvalue weighted by molar-refractivity contribution is -0.0286. The van der Waals surface area contributed by atoms with E-state index in [4.69, 9.17) is 5.84 Å². The molecule has 8 nitrogen and oxygen atoms in total. The Hall–Kier alpha value is -0.320. The largest absolute Gasteiger partial charge is 0.239 e. The van der Waals surface area contributed by atoms with Gasteiger partial charge in [-0.1, -0.05) is 10.5 Å². The molecule has 0 heterocycles. The highest BCUT2D eigenvalue weighted by Crippen LogP contribution is 1.57. The Bertz CT molecular complexity index is 81.4. The van der Waals surface area contributed by atoms with Gasteiger partial charge in [0.25, 0.3) is 0 Å². The zero-order chi connectivity index (χ0) is 8.69. The fraction of sp³-hybridized carbons (Fsp3) is 1.00. The Morgan fingerprint density at radius 3 is 1.82 bits per heavy atom. The molecular formula is C3H16N8. The van der Waals surface area contributed by atoms with Crippen LogP contribution in [0.25, 0.3) is 0 Å². The van der Waals surface area contributed by atoms with Crippen molar-refractivity contribution in [3.63, 3.8) is 0 Å². The van der Waals surface area contributed by atoms with Gasteiger partial charge in [-0.05, 0) is 0 Å². The molecule has 0 fully saturated rings. The molecular weight excluding hydrogens is 148 g/mol. The van der Waals surface area contributed by atoms with Crippen LogP contribution in [0.3, 0.4) is 0 Å². The van der Waals surface area contributed by atoms with Crippen LogP contribution in [0.15, 0.2) is 0 Å². The van der Waals surface area contributed by atoms with Crippen LogP contribution >= 0.6 is 0 Å². The molecule has 0 saturated heterocycles. The van der Waals surface area contributed by atoms with Gasteiger partial charge < -0.3 is 0 Å². The Kier molecular flexibility index (Phi) is 6.21. The van der Waals surface area contributed by atoms with E-state index in [1.54, 1.807) is 21.1 Å². The second kappa shape index (κ2) is 6.39. The molecule has 0 aliphatic heterocycles. The molecule has 11 heavy (non-hydrogen) atoms. The lowest BCUT2D eigenvalue weighted by Crippen LogP contribution is -2.65. The van der Waals surface area contributed by atoms with E-state index >= 15 is 0 Å². The van der Waals surface area contributed by atoms with Gasteiger partial charge in [0, 0.05) is 21.1 Å². The van der Waals surface area contributed by atoms with E-state index in [2.05, 4.69) is 27.3 Å². The number of nitrogens with one attached hydrogen (secondary N) is 5. The number of nitrogens with zero attached hydrogens (tertiary/aromatic N) is 2. The molecule has 0 spiro atoms. The summed E-state index contributed by atoms with van der Waals surface area (Å²) in [6.45, 7) is 0. The van der Waals surface area contributed by atoms with Crippen LogP contribution in [-0.2, 0) is 0 Å². The fourth-order valence-corrected chi connectivity index (χ4v) is 0.383. The van der Waals surface area contributed by atoms with Gasteiger partial charge in [-0.2, -0.15) is 0 Å². The van der Waals surface area contributed by atoms with Gasteiger partial charge in [0.1, 0.15) is 0 Å². The van der Waals surface area contributed by atoms with Crippen LogP contribution in [0, 0.1) is 0 Å². The van der Waals surface area contributed by atoms with Crippen LogP contribution in [0.2, 0.25) is 0 Å². The van der Waals surface area contributed by atoms with Crippen LogP contribution in [0.1, 0.15) is 0 Å². The summed E-state index contributed by atoms with van der Waals surface area (Å²) in [5.41, 5.74) is 13.4. The zero-order valence-corrected chi connectivity index (χ0v) is 6.97. The Morgan fingerprint density at radius 2 is 1.45 bits per heavy atom. The number of hydrogen-bond donors (Lipinski definition) is 6. The van der Waals surface area contributed by atoms with Gasteiger partial charge in [0.2, 0.25) is 0 Å². The molecule has 0 aromatic heterocycles. The standard InChI is InChI=1S/C3H16N8/c1-5-10(4)8-9-11(6-2)7-3/h5-9H,4H2,1-3H3. The van der Waals surface area contributed by atoms with Crippen molar-refractivity contribution in [2.24, 2.45) is 5.84 Å². The third-order valence-corrected chi connectivity index (χ3v) is 0.970. The van der Waals surface area contributed by atoms with E-state index in [0.29, 0.717) is 0 Å². The van der Waals surface area contributed by atoms with E-state index in [1.807, 2.05) is 0 Å². The first-order valence-corrected chi connectivity index (χ1v) is 3.13. The third-order valence-electron chi connectivity index (χ3n) is 0.970. The number of hydrazine groups is 7. The van der Waals surface area contributed by atoms with Gasteiger partial charge >= 0.3 is 0 Å². The van der Waals surface area contributed by atoms with Crippen molar-refractivity contribution in [1.29, 1.82) is 0 Å². The van der Waals surface area contributed by atoms with E-state index in [9.17, 15) is 0 Å². The highest BCUT2D eigenvalue weighted by atomic mass is 16.1. The van der Waals surface area contributed by atoms with Crippen LogP contribution in [0.4, 0.5) is 0 Å². The maximum atomic E-state index is 5.30. The van der Waals surface area contributed by atoms with Gasteiger partial charge in [-0.15, -0.1) is 11.1 Å². The molecule has 0 saturated carbocycles. The first-order chi connectivity index (χ1) is 5.24. The fourth-order valence-electron chi connectivity index (χ4n) is 0.383. The normalized spacial score (nSPS) is 11.5. The predicted octanol–water partition coefficient (Wildman–Crippen LogP) is -3.21. The SMILES string of the molecule is CNN(N)NNN(NC)NC. The summed E-state index contributed by atoms with van der Waals surface area (Å²) >= 11 is 0. The summed E-state index contributed by atoms with van der Waals surface area (Å²) in [5.74, 6) is 5.30. The Labute approximate surface area is 65.9 Å². The van der Waals surface area contributed by atoms with E-state index in [1.165, 1.54) is 5.23 Å². The molecule has 68 valence electrons. The quantitative estimate of drug-likeness (QED) is 0.180. The molecule has 0 aliphatic carbocycles. The van der Waals surface area contributed by atoms with Gasteiger partial charge in [-0.25, -0.2) is 22.1 Å². The molecule has 0 radical (unpaired) electrons. The topological polar surface area (TPSA) is 92.6 Å². The summed E-state index contributed by atoms with van der Waals surface area (Å²) < 4.78 is 0. The van der Waals surface area contributed by atoms with E-state index in [0.717, 1.165) is 5.23 Å². The minimum atomic E-state index is 1.15. The third kappa shape index (κ3) is 5.01. The smallest absolute Gasteiger partial charge is 0.00152 e. The maximum absolute atomic E-state index is 5.30. The maximum Gasteiger partial charge on any atom is 0.00152 e.